The predicted octanol–water partition coefficient (Wildman–Crippen LogP) is 2.42. The van der Waals surface area contributed by atoms with Crippen LogP contribution in [0.15, 0.2) is 12.4 Å². The van der Waals surface area contributed by atoms with Gasteiger partial charge in [0.15, 0.2) is 0 Å². The second kappa shape index (κ2) is 7.07. The first-order valence-corrected chi connectivity index (χ1v) is 8.04. The van der Waals surface area contributed by atoms with E-state index in [2.05, 4.69) is 42.7 Å². The van der Waals surface area contributed by atoms with Gasteiger partial charge in [0.05, 0.1) is 12.1 Å². The molecule has 21 heavy (non-hydrogen) atoms. The van der Waals surface area contributed by atoms with E-state index in [1.54, 1.807) is 7.05 Å². The van der Waals surface area contributed by atoms with E-state index < -0.39 is 0 Å². The van der Waals surface area contributed by atoms with Crippen LogP contribution in [0, 0.1) is 5.92 Å². The fourth-order valence-corrected chi connectivity index (χ4v) is 3.11. The molecule has 2 N–H and O–H groups in total. The van der Waals surface area contributed by atoms with E-state index in [0.717, 1.165) is 19.3 Å². The number of carbonyl (C=O) groups is 1. The maximum atomic E-state index is 12.0. The van der Waals surface area contributed by atoms with Crippen molar-refractivity contribution in [3.8, 4) is 0 Å². The molecule has 1 heterocycles. The number of nitrogens with zero attached hydrogens (tertiary/aromatic N) is 2. The first-order valence-electron chi connectivity index (χ1n) is 8.04. The van der Waals surface area contributed by atoms with Crippen LogP contribution in [0.25, 0.3) is 0 Å². The predicted molar refractivity (Wildman–Crippen MR) is 84.0 cm³/mol. The number of aromatic nitrogens is 2. The molecule has 0 radical (unpaired) electrons. The minimum atomic E-state index is 0.0892. The summed E-state index contributed by atoms with van der Waals surface area (Å²) >= 11 is 0. The van der Waals surface area contributed by atoms with Crippen LogP contribution in [0.4, 0.5) is 0 Å². The van der Waals surface area contributed by atoms with Crippen LogP contribution in [-0.2, 0) is 4.79 Å². The average Bonchev–Trinajstić information content (AvgIpc) is 2.97. The molecule has 0 saturated heterocycles. The Balaban J connectivity index is 2.02. The van der Waals surface area contributed by atoms with E-state index in [1.165, 1.54) is 12.0 Å². The maximum absolute atomic E-state index is 12.0. The van der Waals surface area contributed by atoms with Crippen LogP contribution >= 0.6 is 0 Å². The summed E-state index contributed by atoms with van der Waals surface area (Å²) in [5.41, 5.74) is 1.19. The van der Waals surface area contributed by atoms with Gasteiger partial charge in [-0.1, -0.05) is 12.8 Å². The van der Waals surface area contributed by atoms with Gasteiger partial charge in [0.25, 0.3) is 0 Å². The Morgan fingerprint density at radius 2 is 2.05 bits per heavy atom. The molecule has 1 fully saturated rings. The van der Waals surface area contributed by atoms with Gasteiger partial charge in [-0.2, -0.15) is 5.10 Å². The smallest absolute Gasteiger partial charge is 0.224 e. The van der Waals surface area contributed by atoms with Gasteiger partial charge in [-0.15, -0.1) is 0 Å². The number of amides is 1. The average molecular weight is 292 g/mol. The maximum Gasteiger partial charge on any atom is 0.224 e. The molecule has 0 spiro atoms. The Morgan fingerprint density at radius 1 is 1.33 bits per heavy atom. The van der Waals surface area contributed by atoms with Gasteiger partial charge in [0.1, 0.15) is 0 Å². The highest BCUT2D eigenvalue weighted by atomic mass is 16.1. The Hall–Kier alpha value is -1.36. The van der Waals surface area contributed by atoms with Crippen molar-refractivity contribution in [1.29, 1.82) is 0 Å². The topological polar surface area (TPSA) is 59.0 Å². The summed E-state index contributed by atoms with van der Waals surface area (Å²) < 4.78 is 1.98. The first-order chi connectivity index (χ1) is 10.0. The molecule has 2 rings (SSSR count). The van der Waals surface area contributed by atoms with E-state index in [-0.39, 0.29) is 23.9 Å². The van der Waals surface area contributed by atoms with Crippen molar-refractivity contribution < 1.29 is 4.79 Å². The molecule has 3 atom stereocenters. The molecule has 1 aliphatic rings. The molecule has 1 aromatic rings. The lowest BCUT2D eigenvalue weighted by atomic mass is 9.83. The van der Waals surface area contributed by atoms with Crippen LogP contribution in [0.2, 0.25) is 0 Å². The molecular formula is C16H28N4O. The van der Waals surface area contributed by atoms with Crippen molar-refractivity contribution in [3.05, 3.63) is 18.0 Å². The highest BCUT2D eigenvalue weighted by Crippen LogP contribution is 2.27. The second-order valence-corrected chi connectivity index (χ2v) is 6.35. The molecule has 0 unspecified atom stereocenters. The van der Waals surface area contributed by atoms with E-state index >= 15 is 0 Å². The summed E-state index contributed by atoms with van der Waals surface area (Å²) in [6.07, 6.45) is 8.42. The van der Waals surface area contributed by atoms with Gasteiger partial charge in [0.2, 0.25) is 5.91 Å². The summed E-state index contributed by atoms with van der Waals surface area (Å²) in [6, 6.07) is 0.850. The van der Waals surface area contributed by atoms with Gasteiger partial charge >= 0.3 is 0 Å². The fourth-order valence-electron chi connectivity index (χ4n) is 3.11. The van der Waals surface area contributed by atoms with Crippen LogP contribution in [0.5, 0.6) is 0 Å². The standard InChI is InChI=1S/C16H28N4O/c1-11(2)20-10-13(9-18-20)12(3)19-15-8-6-5-7-14(15)16(21)17-4/h9-12,14-15,19H,5-8H2,1-4H3,(H,17,21)/t12-,14-,15-/m1/s1. The molecule has 5 heteroatoms. The molecular weight excluding hydrogens is 264 g/mol. The second-order valence-electron chi connectivity index (χ2n) is 6.35. The number of carbonyl (C=O) groups excluding carboxylic acids is 1. The molecule has 0 bridgehead atoms. The highest BCUT2D eigenvalue weighted by Gasteiger charge is 2.31. The molecule has 1 amide bonds. The largest absolute Gasteiger partial charge is 0.359 e. The third-order valence-corrected chi connectivity index (χ3v) is 4.46. The molecule has 0 aliphatic heterocycles. The Morgan fingerprint density at radius 3 is 2.67 bits per heavy atom. The molecule has 0 aromatic carbocycles. The van der Waals surface area contributed by atoms with Gasteiger partial charge in [-0.05, 0) is 33.6 Å². The molecule has 5 nitrogen and oxygen atoms in total. The van der Waals surface area contributed by atoms with E-state index in [1.807, 2.05) is 10.9 Å². The zero-order chi connectivity index (χ0) is 15.4. The lowest BCUT2D eigenvalue weighted by molar-refractivity contribution is -0.126. The monoisotopic (exact) mass is 292 g/mol. The van der Waals surface area contributed by atoms with Crippen LogP contribution in [0.1, 0.15) is 64.1 Å². The van der Waals surface area contributed by atoms with Crippen molar-refractivity contribution in [1.82, 2.24) is 20.4 Å². The van der Waals surface area contributed by atoms with Gasteiger partial charge in [0, 0.05) is 36.9 Å². The summed E-state index contributed by atoms with van der Waals surface area (Å²) in [5.74, 6) is 0.253. The van der Waals surface area contributed by atoms with E-state index in [4.69, 9.17) is 0 Å². The molecule has 1 aromatic heterocycles. The first kappa shape index (κ1) is 16.0. The summed E-state index contributed by atoms with van der Waals surface area (Å²) in [6.45, 7) is 6.40. The minimum Gasteiger partial charge on any atom is -0.359 e. The van der Waals surface area contributed by atoms with E-state index in [0.29, 0.717) is 6.04 Å². The normalized spacial score (nSPS) is 24.0. The number of hydrogen-bond acceptors (Lipinski definition) is 3. The van der Waals surface area contributed by atoms with Gasteiger partial charge < -0.3 is 10.6 Å². The van der Waals surface area contributed by atoms with Gasteiger partial charge in [-0.25, -0.2) is 0 Å². The highest BCUT2D eigenvalue weighted by molar-refractivity contribution is 5.79. The fraction of sp³-hybridized carbons (Fsp3) is 0.750. The summed E-state index contributed by atoms with van der Waals surface area (Å²) in [4.78, 5) is 12.0. The van der Waals surface area contributed by atoms with Crippen molar-refractivity contribution in [2.75, 3.05) is 7.05 Å². The van der Waals surface area contributed by atoms with Gasteiger partial charge in [-0.3, -0.25) is 9.48 Å². The third kappa shape index (κ3) is 3.84. The number of nitrogens with one attached hydrogen (secondary N) is 2. The lowest BCUT2D eigenvalue weighted by Crippen LogP contribution is -2.46. The number of hydrogen-bond donors (Lipinski definition) is 2. The minimum absolute atomic E-state index is 0.0892. The van der Waals surface area contributed by atoms with Crippen molar-refractivity contribution in [2.24, 2.45) is 5.92 Å². The summed E-state index contributed by atoms with van der Waals surface area (Å²) in [7, 11) is 1.73. The van der Waals surface area contributed by atoms with Crippen molar-refractivity contribution in [2.45, 2.75) is 64.6 Å². The Bertz CT molecular complexity index is 469. The molecule has 118 valence electrons. The zero-order valence-corrected chi connectivity index (χ0v) is 13.6. The van der Waals surface area contributed by atoms with E-state index in [9.17, 15) is 4.79 Å². The zero-order valence-electron chi connectivity index (χ0n) is 13.6. The summed E-state index contributed by atoms with van der Waals surface area (Å²) in [5, 5.41) is 10.8. The lowest BCUT2D eigenvalue weighted by Gasteiger charge is -2.33. The van der Waals surface area contributed by atoms with Crippen LogP contribution in [-0.4, -0.2) is 28.8 Å². The Labute approximate surface area is 127 Å². The van der Waals surface area contributed by atoms with Crippen LogP contribution in [0.3, 0.4) is 0 Å². The van der Waals surface area contributed by atoms with Crippen molar-refractivity contribution >= 4 is 5.91 Å². The Kier molecular flexibility index (Phi) is 5.39. The van der Waals surface area contributed by atoms with Crippen LogP contribution < -0.4 is 10.6 Å². The SMILES string of the molecule is CNC(=O)[C@@H]1CCCC[C@H]1N[C@H](C)c1cnn(C(C)C)c1. The quantitative estimate of drug-likeness (QED) is 0.876. The molecule has 1 aliphatic carbocycles. The third-order valence-electron chi connectivity index (χ3n) is 4.46. The van der Waals surface area contributed by atoms with Crippen molar-refractivity contribution in [3.63, 3.8) is 0 Å². The molecule has 1 saturated carbocycles. The number of rotatable bonds is 5.